The van der Waals surface area contributed by atoms with Crippen LogP contribution in [0.5, 0.6) is 0 Å². The number of nitrogens with zero attached hydrogens (tertiary/aromatic N) is 6. The van der Waals surface area contributed by atoms with E-state index >= 15 is 0 Å². The van der Waals surface area contributed by atoms with Gasteiger partial charge in [0.1, 0.15) is 17.0 Å². The fourth-order valence-electron chi connectivity index (χ4n) is 2.10. The van der Waals surface area contributed by atoms with E-state index in [4.69, 9.17) is 4.52 Å². The molecule has 0 aromatic carbocycles. The molecule has 0 aliphatic carbocycles. The number of hydrogen-bond donors (Lipinski definition) is 0. The van der Waals surface area contributed by atoms with Crippen LogP contribution in [0.4, 0.5) is 0 Å². The minimum absolute atomic E-state index is 0.360. The number of aryl methyl sites for hydroxylation is 1. The van der Waals surface area contributed by atoms with Gasteiger partial charge in [-0.3, -0.25) is 0 Å². The molecule has 4 aromatic rings. The summed E-state index contributed by atoms with van der Waals surface area (Å²) in [5.41, 5.74) is 3.11. The molecule has 0 aliphatic heterocycles. The smallest absolute Gasteiger partial charge is 0.278 e. The third kappa shape index (κ3) is 1.95. The number of imidazole rings is 1. The van der Waals surface area contributed by atoms with E-state index in [2.05, 4.69) is 25.3 Å². The van der Waals surface area contributed by atoms with Gasteiger partial charge in [0.15, 0.2) is 0 Å². The van der Waals surface area contributed by atoms with Crippen molar-refractivity contribution in [2.45, 2.75) is 6.92 Å². The van der Waals surface area contributed by atoms with Crippen LogP contribution >= 0.6 is 0 Å². The second-order valence-corrected chi connectivity index (χ2v) is 4.55. The zero-order valence-electron chi connectivity index (χ0n) is 11.1. The summed E-state index contributed by atoms with van der Waals surface area (Å²) in [7, 11) is 0. The van der Waals surface area contributed by atoms with Crippen molar-refractivity contribution in [2.24, 2.45) is 0 Å². The highest BCUT2D eigenvalue weighted by Gasteiger charge is 2.15. The largest absolute Gasteiger partial charge is 0.332 e. The molecule has 21 heavy (non-hydrogen) atoms. The lowest BCUT2D eigenvalue weighted by atomic mass is 10.4. The Balaban J connectivity index is 1.79. The van der Waals surface area contributed by atoms with Crippen molar-refractivity contribution < 1.29 is 4.52 Å². The SMILES string of the molecule is Cc1cccc2nc(-c3nc(-c4cccnn4)no3)cn12. The first kappa shape index (κ1) is 11.7. The molecular weight excluding hydrogens is 268 g/mol. The van der Waals surface area contributed by atoms with Crippen LogP contribution < -0.4 is 0 Å². The Kier molecular flexibility index (Phi) is 2.50. The second kappa shape index (κ2) is 4.48. The van der Waals surface area contributed by atoms with Crippen LogP contribution in [0.15, 0.2) is 47.2 Å². The van der Waals surface area contributed by atoms with Gasteiger partial charge in [-0.2, -0.15) is 10.1 Å². The highest BCUT2D eigenvalue weighted by Crippen LogP contribution is 2.21. The summed E-state index contributed by atoms with van der Waals surface area (Å²) < 4.78 is 7.24. The fourth-order valence-corrected chi connectivity index (χ4v) is 2.10. The summed E-state index contributed by atoms with van der Waals surface area (Å²) in [6, 6.07) is 9.44. The van der Waals surface area contributed by atoms with E-state index in [1.54, 1.807) is 18.3 Å². The van der Waals surface area contributed by atoms with Gasteiger partial charge in [-0.05, 0) is 31.2 Å². The summed E-state index contributed by atoms with van der Waals surface area (Å²) in [5, 5.41) is 11.7. The van der Waals surface area contributed by atoms with Gasteiger partial charge in [0.2, 0.25) is 5.82 Å². The lowest BCUT2D eigenvalue weighted by molar-refractivity contribution is 0.431. The Morgan fingerprint density at radius 3 is 2.81 bits per heavy atom. The maximum absolute atomic E-state index is 5.27. The van der Waals surface area contributed by atoms with Gasteiger partial charge in [0.05, 0.1) is 0 Å². The molecule has 0 fully saturated rings. The summed E-state index contributed by atoms with van der Waals surface area (Å²) in [6.07, 6.45) is 3.47. The highest BCUT2D eigenvalue weighted by molar-refractivity contribution is 5.57. The summed E-state index contributed by atoms with van der Waals surface area (Å²) >= 11 is 0. The van der Waals surface area contributed by atoms with Gasteiger partial charge in [0, 0.05) is 18.1 Å². The van der Waals surface area contributed by atoms with E-state index in [0.717, 1.165) is 11.3 Å². The molecule has 7 heteroatoms. The Bertz CT molecular complexity index is 912. The predicted octanol–water partition coefficient (Wildman–Crippen LogP) is 2.15. The fraction of sp³-hybridized carbons (Fsp3) is 0.0714. The normalized spacial score (nSPS) is 11.1. The van der Waals surface area contributed by atoms with Crippen LogP contribution in [-0.2, 0) is 0 Å². The van der Waals surface area contributed by atoms with Gasteiger partial charge in [0.25, 0.3) is 5.89 Å². The molecule has 0 atom stereocenters. The summed E-state index contributed by atoms with van der Waals surface area (Å²) in [5.74, 6) is 0.755. The van der Waals surface area contributed by atoms with E-state index in [-0.39, 0.29) is 0 Å². The van der Waals surface area contributed by atoms with Crippen molar-refractivity contribution in [2.75, 3.05) is 0 Å². The zero-order valence-corrected chi connectivity index (χ0v) is 11.1. The maximum Gasteiger partial charge on any atom is 0.278 e. The molecule has 0 bridgehead atoms. The molecule has 7 nitrogen and oxygen atoms in total. The van der Waals surface area contributed by atoms with Gasteiger partial charge in [-0.25, -0.2) is 4.98 Å². The molecule has 0 aliphatic rings. The van der Waals surface area contributed by atoms with E-state index in [0.29, 0.717) is 23.1 Å². The Labute approximate surface area is 119 Å². The molecule has 102 valence electrons. The Morgan fingerprint density at radius 1 is 1.05 bits per heavy atom. The van der Waals surface area contributed by atoms with Crippen LogP contribution in [0.1, 0.15) is 5.69 Å². The molecule has 0 saturated heterocycles. The standard InChI is InChI=1S/C14H10N6O/c1-9-4-2-6-12-16-11(8-20(9)12)14-17-13(19-21-14)10-5-3-7-15-18-10/h2-8H,1H3. The van der Waals surface area contributed by atoms with Crippen molar-refractivity contribution >= 4 is 5.65 Å². The molecule has 0 saturated carbocycles. The van der Waals surface area contributed by atoms with Gasteiger partial charge >= 0.3 is 0 Å². The first-order chi connectivity index (χ1) is 10.3. The van der Waals surface area contributed by atoms with Gasteiger partial charge < -0.3 is 8.92 Å². The minimum Gasteiger partial charge on any atom is -0.332 e. The highest BCUT2D eigenvalue weighted by atomic mass is 16.5. The molecule has 0 radical (unpaired) electrons. The zero-order chi connectivity index (χ0) is 14.2. The van der Waals surface area contributed by atoms with Crippen molar-refractivity contribution in [3.63, 3.8) is 0 Å². The quantitative estimate of drug-likeness (QED) is 0.558. The molecule has 0 spiro atoms. The molecule has 0 amide bonds. The van der Waals surface area contributed by atoms with Crippen molar-refractivity contribution in [1.29, 1.82) is 0 Å². The number of pyridine rings is 1. The van der Waals surface area contributed by atoms with Crippen LogP contribution in [0, 0.1) is 6.92 Å². The minimum atomic E-state index is 0.360. The van der Waals surface area contributed by atoms with Crippen molar-refractivity contribution in [1.82, 2.24) is 29.7 Å². The predicted molar refractivity (Wildman–Crippen MR) is 74.2 cm³/mol. The Morgan fingerprint density at radius 2 is 2.00 bits per heavy atom. The summed E-state index contributed by atoms with van der Waals surface area (Å²) in [4.78, 5) is 8.80. The Hall–Kier alpha value is -3.09. The number of hydrogen-bond acceptors (Lipinski definition) is 6. The second-order valence-electron chi connectivity index (χ2n) is 4.55. The van der Waals surface area contributed by atoms with Gasteiger partial charge in [-0.1, -0.05) is 11.2 Å². The molecule has 4 aromatic heterocycles. The monoisotopic (exact) mass is 278 g/mol. The van der Waals surface area contributed by atoms with Crippen LogP contribution in [0.25, 0.3) is 28.8 Å². The van der Waals surface area contributed by atoms with E-state index in [1.807, 2.05) is 35.7 Å². The average Bonchev–Trinajstić information content (AvgIpc) is 3.15. The maximum atomic E-state index is 5.27. The van der Waals surface area contributed by atoms with E-state index in [9.17, 15) is 0 Å². The summed E-state index contributed by atoms with van der Waals surface area (Å²) in [6.45, 7) is 2.01. The van der Waals surface area contributed by atoms with Crippen molar-refractivity contribution in [3.05, 3.63) is 48.4 Å². The van der Waals surface area contributed by atoms with E-state index < -0.39 is 0 Å². The lowest BCUT2D eigenvalue weighted by Crippen LogP contribution is -1.87. The number of rotatable bonds is 2. The van der Waals surface area contributed by atoms with E-state index in [1.165, 1.54) is 0 Å². The number of fused-ring (bicyclic) bond motifs is 1. The molecular formula is C14H10N6O. The molecule has 0 N–H and O–H groups in total. The molecule has 0 unspecified atom stereocenters. The molecule has 4 rings (SSSR count). The van der Waals surface area contributed by atoms with Crippen LogP contribution in [0.3, 0.4) is 0 Å². The van der Waals surface area contributed by atoms with Gasteiger partial charge in [-0.15, -0.1) is 5.10 Å². The third-order valence-electron chi connectivity index (χ3n) is 3.14. The third-order valence-corrected chi connectivity index (χ3v) is 3.14. The van der Waals surface area contributed by atoms with Crippen LogP contribution in [0.2, 0.25) is 0 Å². The topological polar surface area (TPSA) is 82.0 Å². The van der Waals surface area contributed by atoms with Crippen LogP contribution in [-0.4, -0.2) is 29.7 Å². The number of aromatic nitrogens is 6. The average molecular weight is 278 g/mol. The molecule has 4 heterocycles. The first-order valence-electron chi connectivity index (χ1n) is 6.38. The lowest BCUT2D eigenvalue weighted by Gasteiger charge is -1.95. The first-order valence-corrected chi connectivity index (χ1v) is 6.38. The van der Waals surface area contributed by atoms with Crippen molar-refractivity contribution in [3.8, 4) is 23.1 Å².